The van der Waals surface area contributed by atoms with E-state index in [9.17, 15) is 4.79 Å². The average Bonchev–Trinajstić information content (AvgIpc) is 3.51. The highest BCUT2D eigenvalue weighted by Crippen LogP contribution is 2.41. The monoisotopic (exact) mass is 354 g/mol. The Bertz CT molecular complexity index is 709. The van der Waals surface area contributed by atoms with Crippen LogP contribution in [0.15, 0.2) is 48.5 Å². The average molecular weight is 354 g/mol. The number of carbonyl (C=O) groups excluding carboxylic acids is 1. The van der Waals surface area contributed by atoms with Gasteiger partial charge in [-0.05, 0) is 67.6 Å². The van der Waals surface area contributed by atoms with E-state index >= 15 is 0 Å². The molecule has 2 aromatic carbocycles. The molecule has 2 N–H and O–H groups in total. The Morgan fingerprint density at radius 1 is 1.08 bits per heavy atom. The molecule has 1 amide bonds. The molecule has 1 fully saturated rings. The van der Waals surface area contributed by atoms with Crippen molar-refractivity contribution in [3.05, 3.63) is 54.1 Å². The van der Waals surface area contributed by atoms with E-state index in [2.05, 4.69) is 10.6 Å². The molecule has 5 heteroatoms. The summed E-state index contributed by atoms with van der Waals surface area (Å²) in [7, 11) is 1.65. The molecule has 138 valence electrons. The van der Waals surface area contributed by atoms with Crippen LogP contribution >= 0.6 is 0 Å². The van der Waals surface area contributed by atoms with Crippen molar-refractivity contribution in [2.45, 2.75) is 25.8 Å². The van der Waals surface area contributed by atoms with Crippen LogP contribution in [0.4, 0.5) is 5.69 Å². The van der Waals surface area contributed by atoms with Gasteiger partial charge in [-0.1, -0.05) is 12.1 Å². The number of nitrogens with one attached hydrogen (secondary N) is 2. The maximum atomic E-state index is 12.4. The second-order valence-corrected chi connectivity index (χ2v) is 6.47. The van der Waals surface area contributed by atoms with Gasteiger partial charge in [0.1, 0.15) is 11.5 Å². The minimum atomic E-state index is -0.00778. The van der Waals surface area contributed by atoms with Gasteiger partial charge >= 0.3 is 0 Å². The molecule has 0 bridgehead atoms. The van der Waals surface area contributed by atoms with E-state index in [0.29, 0.717) is 12.5 Å². The third-order valence-electron chi connectivity index (χ3n) is 4.50. The Labute approximate surface area is 154 Å². The molecular weight excluding hydrogens is 328 g/mol. The summed E-state index contributed by atoms with van der Waals surface area (Å²) in [4.78, 5) is 12.4. The molecule has 5 nitrogen and oxygen atoms in total. The van der Waals surface area contributed by atoms with Crippen LogP contribution in [0.1, 0.15) is 31.4 Å². The van der Waals surface area contributed by atoms with Crippen molar-refractivity contribution in [1.82, 2.24) is 5.32 Å². The number of ether oxygens (including phenoxy) is 2. The zero-order valence-corrected chi connectivity index (χ0v) is 15.3. The van der Waals surface area contributed by atoms with Gasteiger partial charge in [-0.15, -0.1) is 0 Å². The predicted molar refractivity (Wildman–Crippen MR) is 103 cm³/mol. The molecule has 0 aliphatic heterocycles. The van der Waals surface area contributed by atoms with Crippen LogP contribution in [0.5, 0.6) is 11.5 Å². The van der Waals surface area contributed by atoms with E-state index in [1.54, 1.807) is 7.11 Å². The molecule has 0 heterocycles. The number of hydrogen-bond acceptors (Lipinski definition) is 4. The van der Waals surface area contributed by atoms with Gasteiger partial charge in [-0.2, -0.15) is 0 Å². The van der Waals surface area contributed by atoms with Crippen molar-refractivity contribution in [3.63, 3.8) is 0 Å². The Hall–Kier alpha value is -2.69. The summed E-state index contributed by atoms with van der Waals surface area (Å²) in [6.45, 7) is 2.84. The fraction of sp³-hybridized carbons (Fsp3) is 0.381. The Kier molecular flexibility index (Phi) is 6.00. The summed E-state index contributed by atoms with van der Waals surface area (Å²) in [5, 5.41) is 6.33. The first-order valence-electron chi connectivity index (χ1n) is 9.09. The third kappa shape index (κ3) is 4.91. The van der Waals surface area contributed by atoms with E-state index in [1.807, 2.05) is 55.5 Å². The van der Waals surface area contributed by atoms with E-state index < -0.39 is 0 Å². The fourth-order valence-electron chi connectivity index (χ4n) is 2.96. The summed E-state index contributed by atoms with van der Waals surface area (Å²) >= 11 is 0. The van der Waals surface area contributed by atoms with Gasteiger partial charge in [0.05, 0.1) is 26.3 Å². The van der Waals surface area contributed by atoms with Gasteiger partial charge < -0.3 is 20.1 Å². The van der Waals surface area contributed by atoms with Crippen LogP contribution in [0.3, 0.4) is 0 Å². The Balaban J connectivity index is 1.54. The van der Waals surface area contributed by atoms with Crippen LogP contribution in [-0.2, 0) is 4.79 Å². The maximum Gasteiger partial charge on any atom is 0.239 e. The first kappa shape index (κ1) is 18.1. The summed E-state index contributed by atoms with van der Waals surface area (Å²) < 4.78 is 10.6. The molecule has 2 aromatic rings. The van der Waals surface area contributed by atoms with Crippen LogP contribution in [-0.4, -0.2) is 26.2 Å². The van der Waals surface area contributed by atoms with E-state index in [0.717, 1.165) is 35.6 Å². The van der Waals surface area contributed by atoms with Crippen molar-refractivity contribution in [3.8, 4) is 11.5 Å². The SMILES string of the molecule is CCOc1ccc(NCC(=O)NC(c2ccc(OC)cc2)C2CC2)cc1. The first-order valence-corrected chi connectivity index (χ1v) is 9.09. The molecule has 1 unspecified atom stereocenters. The molecule has 26 heavy (non-hydrogen) atoms. The highest BCUT2D eigenvalue weighted by Gasteiger charge is 2.33. The summed E-state index contributed by atoms with van der Waals surface area (Å²) in [5.74, 6) is 2.17. The molecular formula is C21H26N2O3. The van der Waals surface area contributed by atoms with Crippen molar-refractivity contribution in [2.24, 2.45) is 5.92 Å². The van der Waals surface area contributed by atoms with Crippen molar-refractivity contribution < 1.29 is 14.3 Å². The summed E-state index contributed by atoms with van der Waals surface area (Å²) in [5.41, 5.74) is 2.03. The number of amides is 1. The lowest BCUT2D eigenvalue weighted by Crippen LogP contribution is -2.34. The molecule has 1 atom stereocenters. The minimum absolute atomic E-state index is 0.00778. The highest BCUT2D eigenvalue weighted by atomic mass is 16.5. The smallest absolute Gasteiger partial charge is 0.239 e. The standard InChI is InChI=1S/C21H26N2O3/c1-3-26-19-12-8-17(9-13-19)22-14-20(24)23-21(15-4-5-15)16-6-10-18(25-2)11-7-16/h6-13,15,21-22H,3-5,14H2,1-2H3,(H,23,24). The zero-order chi connectivity index (χ0) is 18.4. The number of carbonyl (C=O) groups is 1. The quantitative estimate of drug-likeness (QED) is 0.720. The molecule has 0 radical (unpaired) electrons. The fourth-order valence-corrected chi connectivity index (χ4v) is 2.96. The summed E-state index contributed by atoms with van der Waals surface area (Å²) in [6, 6.07) is 15.6. The van der Waals surface area contributed by atoms with E-state index in [4.69, 9.17) is 9.47 Å². The topological polar surface area (TPSA) is 59.6 Å². The number of rotatable bonds is 9. The minimum Gasteiger partial charge on any atom is -0.497 e. The summed E-state index contributed by atoms with van der Waals surface area (Å²) in [6.07, 6.45) is 2.31. The van der Waals surface area contributed by atoms with Gasteiger partial charge in [-0.25, -0.2) is 0 Å². The number of methoxy groups -OCH3 is 1. The van der Waals surface area contributed by atoms with Gasteiger partial charge in [0.2, 0.25) is 5.91 Å². The number of benzene rings is 2. The van der Waals surface area contributed by atoms with Gasteiger partial charge in [0, 0.05) is 5.69 Å². The molecule has 3 rings (SSSR count). The van der Waals surface area contributed by atoms with Crippen LogP contribution in [0, 0.1) is 5.92 Å². The van der Waals surface area contributed by atoms with Crippen LogP contribution in [0.2, 0.25) is 0 Å². The van der Waals surface area contributed by atoms with Crippen molar-refractivity contribution in [1.29, 1.82) is 0 Å². The molecule has 0 spiro atoms. The van der Waals surface area contributed by atoms with Gasteiger partial charge in [0.15, 0.2) is 0 Å². The van der Waals surface area contributed by atoms with Gasteiger partial charge in [-0.3, -0.25) is 4.79 Å². The largest absolute Gasteiger partial charge is 0.497 e. The Morgan fingerprint density at radius 2 is 1.73 bits per heavy atom. The molecule has 0 saturated heterocycles. The zero-order valence-electron chi connectivity index (χ0n) is 15.3. The molecule has 1 saturated carbocycles. The van der Waals surface area contributed by atoms with Crippen LogP contribution < -0.4 is 20.1 Å². The van der Waals surface area contributed by atoms with E-state index in [1.165, 1.54) is 0 Å². The van der Waals surface area contributed by atoms with E-state index in [-0.39, 0.29) is 18.5 Å². The highest BCUT2D eigenvalue weighted by molar-refractivity contribution is 5.81. The number of hydrogen-bond donors (Lipinski definition) is 2. The number of anilines is 1. The van der Waals surface area contributed by atoms with Crippen molar-refractivity contribution in [2.75, 3.05) is 25.6 Å². The molecule has 0 aromatic heterocycles. The second-order valence-electron chi connectivity index (χ2n) is 6.47. The van der Waals surface area contributed by atoms with Crippen LogP contribution in [0.25, 0.3) is 0 Å². The second kappa shape index (κ2) is 8.61. The predicted octanol–water partition coefficient (Wildman–Crippen LogP) is 3.77. The Morgan fingerprint density at radius 3 is 2.31 bits per heavy atom. The lowest BCUT2D eigenvalue weighted by Gasteiger charge is -2.19. The normalized spacial score (nSPS) is 14.4. The third-order valence-corrected chi connectivity index (χ3v) is 4.50. The molecule has 1 aliphatic rings. The lowest BCUT2D eigenvalue weighted by atomic mass is 10.0. The van der Waals surface area contributed by atoms with Crippen molar-refractivity contribution >= 4 is 11.6 Å². The lowest BCUT2D eigenvalue weighted by molar-refractivity contribution is -0.120. The maximum absolute atomic E-state index is 12.4. The first-order chi connectivity index (χ1) is 12.7. The van der Waals surface area contributed by atoms with Gasteiger partial charge in [0.25, 0.3) is 0 Å². The molecule has 1 aliphatic carbocycles.